The SMILES string of the molecule is O=C1NC(=O)c2c(/C=C/c3cccc(C(=O)N4CCNCC4)c3)cccc21. The monoisotopic (exact) mass is 361 g/mol. The number of nitrogens with one attached hydrogen (secondary N) is 2. The zero-order valence-electron chi connectivity index (χ0n) is 14.7. The lowest BCUT2D eigenvalue weighted by atomic mass is 10.0. The summed E-state index contributed by atoms with van der Waals surface area (Å²) in [5.41, 5.74) is 2.97. The lowest BCUT2D eigenvalue weighted by Crippen LogP contribution is -2.46. The van der Waals surface area contributed by atoms with Crippen LogP contribution in [0.4, 0.5) is 0 Å². The molecule has 0 aliphatic carbocycles. The molecule has 4 rings (SSSR count). The van der Waals surface area contributed by atoms with Crippen molar-refractivity contribution in [2.75, 3.05) is 26.2 Å². The van der Waals surface area contributed by atoms with E-state index in [0.717, 1.165) is 18.7 Å². The Morgan fingerprint density at radius 2 is 1.74 bits per heavy atom. The van der Waals surface area contributed by atoms with Gasteiger partial charge in [0.05, 0.1) is 11.1 Å². The molecule has 0 atom stereocenters. The molecule has 0 saturated carbocycles. The molecule has 2 aromatic rings. The van der Waals surface area contributed by atoms with Gasteiger partial charge in [0.25, 0.3) is 17.7 Å². The molecule has 0 bridgehead atoms. The molecule has 2 N–H and O–H groups in total. The van der Waals surface area contributed by atoms with E-state index in [0.29, 0.717) is 35.3 Å². The minimum absolute atomic E-state index is 0.0253. The topological polar surface area (TPSA) is 78.5 Å². The smallest absolute Gasteiger partial charge is 0.259 e. The fourth-order valence-electron chi connectivity index (χ4n) is 3.40. The minimum Gasteiger partial charge on any atom is -0.336 e. The molecule has 2 heterocycles. The molecule has 1 fully saturated rings. The normalized spacial score (nSPS) is 16.5. The highest BCUT2D eigenvalue weighted by Gasteiger charge is 2.28. The molecular formula is C21H19N3O3. The largest absolute Gasteiger partial charge is 0.336 e. The van der Waals surface area contributed by atoms with Gasteiger partial charge in [0.15, 0.2) is 0 Å². The highest BCUT2D eigenvalue weighted by Crippen LogP contribution is 2.22. The maximum Gasteiger partial charge on any atom is 0.259 e. The van der Waals surface area contributed by atoms with Crippen molar-refractivity contribution in [3.8, 4) is 0 Å². The predicted octanol–water partition coefficient (Wildman–Crippen LogP) is 1.79. The van der Waals surface area contributed by atoms with Gasteiger partial charge in [-0.1, -0.05) is 36.4 Å². The summed E-state index contributed by atoms with van der Waals surface area (Å²) >= 11 is 0. The van der Waals surface area contributed by atoms with Gasteiger partial charge in [-0.05, 0) is 29.3 Å². The summed E-state index contributed by atoms with van der Waals surface area (Å²) in [4.78, 5) is 38.3. The van der Waals surface area contributed by atoms with Crippen molar-refractivity contribution in [3.05, 3.63) is 70.3 Å². The third kappa shape index (κ3) is 3.39. The average molecular weight is 361 g/mol. The second-order valence-electron chi connectivity index (χ2n) is 6.55. The Bertz CT molecular complexity index is 959. The molecule has 2 aromatic carbocycles. The van der Waals surface area contributed by atoms with E-state index in [1.165, 1.54) is 0 Å². The van der Waals surface area contributed by atoms with Crippen molar-refractivity contribution in [1.29, 1.82) is 0 Å². The standard InChI is InChI=1S/C21H19N3O3/c25-19-17-6-2-4-15(18(17)20(26)23-19)8-7-14-3-1-5-16(13-14)21(27)24-11-9-22-10-12-24/h1-8,13,22H,9-12H2,(H,23,25,26)/b8-7+. The first-order chi connectivity index (χ1) is 13.1. The van der Waals surface area contributed by atoms with Crippen LogP contribution in [0.1, 0.15) is 42.2 Å². The van der Waals surface area contributed by atoms with Crippen LogP contribution in [-0.4, -0.2) is 48.8 Å². The van der Waals surface area contributed by atoms with Crippen molar-refractivity contribution in [2.24, 2.45) is 0 Å². The van der Waals surface area contributed by atoms with E-state index in [-0.39, 0.29) is 17.7 Å². The zero-order valence-corrected chi connectivity index (χ0v) is 14.7. The number of carbonyl (C=O) groups is 3. The summed E-state index contributed by atoms with van der Waals surface area (Å²) < 4.78 is 0. The Kier molecular flexibility index (Phi) is 4.56. The van der Waals surface area contributed by atoms with Crippen molar-refractivity contribution < 1.29 is 14.4 Å². The van der Waals surface area contributed by atoms with Crippen molar-refractivity contribution in [2.45, 2.75) is 0 Å². The summed E-state index contributed by atoms with van der Waals surface area (Å²) in [6.07, 6.45) is 3.64. The van der Waals surface area contributed by atoms with E-state index in [9.17, 15) is 14.4 Å². The van der Waals surface area contributed by atoms with Gasteiger partial charge in [0.1, 0.15) is 0 Å². The zero-order chi connectivity index (χ0) is 18.8. The Labute approximate surface area is 156 Å². The number of benzene rings is 2. The summed E-state index contributed by atoms with van der Waals surface area (Å²) in [6.45, 7) is 3.03. The van der Waals surface area contributed by atoms with Gasteiger partial charge in [-0.25, -0.2) is 0 Å². The molecule has 136 valence electrons. The Balaban J connectivity index is 1.58. The number of rotatable bonds is 3. The van der Waals surface area contributed by atoms with E-state index >= 15 is 0 Å². The fraction of sp³-hybridized carbons (Fsp3) is 0.190. The maximum absolute atomic E-state index is 12.6. The first-order valence-electron chi connectivity index (χ1n) is 8.90. The number of hydrogen-bond acceptors (Lipinski definition) is 4. The van der Waals surface area contributed by atoms with E-state index in [2.05, 4.69) is 10.6 Å². The van der Waals surface area contributed by atoms with E-state index in [1.54, 1.807) is 24.3 Å². The third-order valence-corrected chi connectivity index (χ3v) is 4.79. The Morgan fingerprint density at radius 3 is 2.56 bits per heavy atom. The number of imide groups is 1. The summed E-state index contributed by atoms with van der Waals surface area (Å²) in [6, 6.07) is 12.6. The summed E-state index contributed by atoms with van der Waals surface area (Å²) in [5, 5.41) is 5.55. The number of carbonyl (C=O) groups excluding carboxylic acids is 3. The molecule has 6 nitrogen and oxygen atoms in total. The fourth-order valence-corrected chi connectivity index (χ4v) is 3.40. The van der Waals surface area contributed by atoms with Crippen LogP contribution >= 0.6 is 0 Å². The highest BCUT2D eigenvalue weighted by atomic mass is 16.2. The van der Waals surface area contributed by atoms with Gasteiger partial charge in [-0.3, -0.25) is 19.7 Å². The molecular weight excluding hydrogens is 342 g/mol. The molecule has 1 saturated heterocycles. The molecule has 2 aliphatic rings. The van der Waals surface area contributed by atoms with Crippen LogP contribution in [-0.2, 0) is 0 Å². The van der Waals surface area contributed by atoms with Crippen LogP contribution in [0.2, 0.25) is 0 Å². The third-order valence-electron chi connectivity index (χ3n) is 4.79. The molecule has 0 radical (unpaired) electrons. The highest BCUT2D eigenvalue weighted by molar-refractivity contribution is 6.23. The van der Waals surface area contributed by atoms with Crippen molar-refractivity contribution in [1.82, 2.24) is 15.5 Å². The molecule has 6 heteroatoms. The molecule has 0 spiro atoms. The molecule has 0 aromatic heterocycles. The molecule has 3 amide bonds. The minimum atomic E-state index is -0.377. The van der Waals surface area contributed by atoms with Gasteiger partial charge in [0, 0.05) is 31.7 Å². The molecule has 0 unspecified atom stereocenters. The van der Waals surface area contributed by atoms with Crippen LogP contribution in [0, 0.1) is 0 Å². The number of amides is 3. The predicted molar refractivity (Wildman–Crippen MR) is 102 cm³/mol. The van der Waals surface area contributed by atoms with Crippen LogP contribution in [0.3, 0.4) is 0 Å². The van der Waals surface area contributed by atoms with Gasteiger partial charge < -0.3 is 10.2 Å². The van der Waals surface area contributed by atoms with Crippen molar-refractivity contribution in [3.63, 3.8) is 0 Å². The first kappa shape index (κ1) is 17.2. The lowest BCUT2D eigenvalue weighted by molar-refractivity contribution is 0.0735. The van der Waals surface area contributed by atoms with E-state index in [4.69, 9.17) is 0 Å². The summed E-state index contributed by atoms with van der Waals surface area (Å²) in [5.74, 6) is -0.718. The van der Waals surface area contributed by atoms with Crippen LogP contribution in [0.25, 0.3) is 12.2 Å². The molecule has 2 aliphatic heterocycles. The molecule has 27 heavy (non-hydrogen) atoms. The van der Waals surface area contributed by atoms with Gasteiger partial charge >= 0.3 is 0 Å². The second kappa shape index (κ2) is 7.17. The van der Waals surface area contributed by atoms with Crippen LogP contribution < -0.4 is 10.6 Å². The summed E-state index contributed by atoms with van der Waals surface area (Å²) in [7, 11) is 0. The van der Waals surface area contributed by atoms with Gasteiger partial charge in [0.2, 0.25) is 0 Å². The Hall–Kier alpha value is -3.25. The number of nitrogens with zero attached hydrogens (tertiary/aromatic N) is 1. The van der Waals surface area contributed by atoms with E-state index < -0.39 is 0 Å². The Morgan fingerprint density at radius 1 is 0.963 bits per heavy atom. The number of hydrogen-bond donors (Lipinski definition) is 2. The number of fused-ring (bicyclic) bond motifs is 1. The van der Waals surface area contributed by atoms with Gasteiger partial charge in [-0.2, -0.15) is 0 Å². The average Bonchev–Trinajstić information content (AvgIpc) is 3.01. The maximum atomic E-state index is 12.6. The lowest BCUT2D eigenvalue weighted by Gasteiger charge is -2.27. The second-order valence-corrected chi connectivity index (χ2v) is 6.55. The van der Waals surface area contributed by atoms with Crippen LogP contribution in [0.5, 0.6) is 0 Å². The van der Waals surface area contributed by atoms with E-state index in [1.807, 2.05) is 35.2 Å². The number of piperazine rings is 1. The van der Waals surface area contributed by atoms with Gasteiger partial charge in [-0.15, -0.1) is 0 Å². The first-order valence-corrected chi connectivity index (χ1v) is 8.90. The van der Waals surface area contributed by atoms with Crippen LogP contribution in [0.15, 0.2) is 42.5 Å². The quantitative estimate of drug-likeness (QED) is 0.645. The van der Waals surface area contributed by atoms with Crippen molar-refractivity contribution >= 4 is 29.9 Å².